The highest BCUT2D eigenvalue weighted by Crippen LogP contribution is 2.18. The zero-order valence-electron chi connectivity index (χ0n) is 7.22. The van der Waals surface area contributed by atoms with E-state index < -0.39 is 0 Å². The summed E-state index contributed by atoms with van der Waals surface area (Å²) in [6.45, 7) is 0. The van der Waals surface area contributed by atoms with E-state index in [2.05, 4.69) is 4.98 Å². The van der Waals surface area contributed by atoms with Crippen LogP contribution in [0.25, 0.3) is 11.4 Å². The van der Waals surface area contributed by atoms with Crippen LogP contribution in [0.15, 0.2) is 36.7 Å². The summed E-state index contributed by atoms with van der Waals surface area (Å²) in [5, 5.41) is 0.665. The van der Waals surface area contributed by atoms with E-state index in [4.69, 9.17) is 11.6 Å². The molecule has 70 valence electrons. The second kappa shape index (κ2) is 3.64. The van der Waals surface area contributed by atoms with Gasteiger partial charge in [-0.25, -0.2) is 4.98 Å². The minimum absolute atomic E-state index is 0.622. The molecule has 0 atom stereocenters. The number of rotatable bonds is 2. The van der Waals surface area contributed by atoms with Crippen molar-refractivity contribution in [2.45, 2.75) is 0 Å². The third kappa shape index (κ3) is 1.54. The molecule has 0 spiro atoms. The lowest BCUT2D eigenvalue weighted by molar-refractivity contribution is 0.548. The maximum atomic E-state index is 10.6. The average Bonchev–Trinajstić information content (AvgIpc) is 2.67. The minimum Gasteiger partial charge on any atom is -0.278 e. The highest BCUT2D eigenvalue weighted by Gasteiger charge is 2.03. The molecule has 1 heterocycles. The van der Waals surface area contributed by atoms with Gasteiger partial charge < -0.3 is 0 Å². The molecule has 0 unspecified atom stereocenters. The number of benzene rings is 1. The summed E-state index contributed by atoms with van der Waals surface area (Å²) in [6.07, 6.45) is 3.91. The molecule has 0 amide bonds. The Hall–Kier alpha value is -1.61. The molecule has 1 aromatic heterocycles. The van der Waals surface area contributed by atoms with Crippen LogP contribution in [-0.2, 0) is 4.79 Å². The van der Waals surface area contributed by atoms with E-state index in [1.807, 2.05) is 12.1 Å². The molecule has 1 aromatic carbocycles. The number of halogens is 1. The molecule has 0 fully saturated rings. The van der Waals surface area contributed by atoms with E-state index in [1.54, 1.807) is 24.5 Å². The predicted molar refractivity (Wildman–Crippen MR) is 54.8 cm³/mol. The Kier molecular flexibility index (Phi) is 2.33. The van der Waals surface area contributed by atoms with Gasteiger partial charge in [0.1, 0.15) is 5.82 Å². The van der Waals surface area contributed by atoms with Crippen LogP contribution in [0.4, 0.5) is 0 Å². The zero-order chi connectivity index (χ0) is 9.97. The Morgan fingerprint density at radius 3 is 2.64 bits per heavy atom. The molecule has 0 aliphatic rings. The molecule has 0 saturated carbocycles. The molecule has 2 aromatic rings. The molecular weight excluding hydrogens is 200 g/mol. The number of imidazole rings is 1. The summed E-state index contributed by atoms with van der Waals surface area (Å²) in [5.74, 6) is 0.622. The molecule has 0 aliphatic carbocycles. The fourth-order valence-electron chi connectivity index (χ4n) is 1.22. The number of carbonyl (C=O) groups is 1. The van der Waals surface area contributed by atoms with Crippen LogP contribution in [0, 0.1) is 0 Å². The fraction of sp³-hybridized carbons (Fsp3) is 0. The van der Waals surface area contributed by atoms with E-state index in [-0.39, 0.29) is 0 Å². The second-order valence-corrected chi connectivity index (χ2v) is 3.21. The summed E-state index contributed by atoms with van der Waals surface area (Å²) in [7, 11) is 0. The first-order valence-electron chi connectivity index (χ1n) is 4.05. The molecule has 0 aliphatic heterocycles. The molecule has 3 nitrogen and oxygen atoms in total. The monoisotopic (exact) mass is 206 g/mol. The van der Waals surface area contributed by atoms with E-state index in [1.165, 1.54) is 4.57 Å². The van der Waals surface area contributed by atoms with Crippen LogP contribution in [0.2, 0.25) is 5.02 Å². The van der Waals surface area contributed by atoms with Crippen LogP contribution in [0.3, 0.4) is 0 Å². The summed E-state index contributed by atoms with van der Waals surface area (Å²) in [5.41, 5.74) is 0.867. The third-order valence-electron chi connectivity index (χ3n) is 1.88. The van der Waals surface area contributed by atoms with Gasteiger partial charge in [0.05, 0.1) is 0 Å². The molecule has 0 saturated heterocycles. The van der Waals surface area contributed by atoms with Gasteiger partial charge in [-0.15, -0.1) is 0 Å². The van der Waals surface area contributed by atoms with E-state index in [9.17, 15) is 4.79 Å². The van der Waals surface area contributed by atoms with Gasteiger partial charge in [0.15, 0.2) is 0 Å². The fourth-order valence-corrected chi connectivity index (χ4v) is 1.35. The minimum atomic E-state index is 0.622. The van der Waals surface area contributed by atoms with Crippen molar-refractivity contribution in [1.82, 2.24) is 9.55 Å². The number of nitrogens with zero attached hydrogens (tertiary/aromatic N) is 2. The van der Waals surface area contributed by atoms with Crippen molar-refractivity contribution in [3.63, 3.8) is 0 Å². The lowest BCUT2D eigenvalue weighted by Crippen LogP contribution is -1.95. The van der Waals surface area contributed by atoms with E-state index in [0.29, 0.717) is 10.8 Å². The Morgan fingerprint density at radius 2 is 2.00 bits per heavy atom. The smallest absolute Gasteiger partial charge is 0.219 e. The van der Waals surface area contributed by atoms with Gasteiger partial charge in [0.25, 0.3) is 0 Å². The quantitative estimate of drug-likeness (QED) is 0.707. The Labute approximate surface area is 86.0 Å². The number of aromatic nitrogens is 2. The summed E-state index contributed by atoms with van der Waals surface area (Å²) < 4.78 is 1.42. The Bertz CT molecular complexity index is 447. The largest absolute Gasteiger partial charge is 0.278 e. The van der Waals surface area contributed by atoms with Crippen LogP contribution in [0.1, 0.15) is 0 Å². The maximum absolute atomic E-state index is 10.6. The van der Waals surface area contributed by atoms with Crippen molar-refractivity contribution in [3.05, 3.63) is 41.7 Å². The summed E-state index contributed by atoms with van der Waals surface area (Å²) in [4.78, 5) is 14.7. The zero-order valence-corrected chi connectivity index (χ0v) is 7.98. The highest BCUT2D eigenvalue weighted by atomic mass is 35.5. The Morgan fingerprint density at radius 1 is 1.29 bits per heavy atom. The first-order chi connectivity index (χ1) is 6.81. The van der Waals surface area contributed by atoms with Gasteiger partial charge >= 0.3 is 0 Å². The van der Waals surface area contributed by atoms with Crippen LogP contribution < -0.4 is 0 Å². The van der Waals surface area contributed by atoms with Crippen molar-refractivity contribution in [2.75, 3.05) is 0 Å². The van der Waals surface area contributed by atoms with Crippen LogP contribution >= 0.6 is 11.6 Å². The van der Waals surface area contributed by atoms with Gasteiger partial charge in [-0.1, -0.05) is 11.6 Å². The summed E-state index contributed by atoms with van der Waals surface area (Å²) in [6, 6.07) is 7.18. The van der Waals surface area contributed by atoms with Crippen LogP contribution in [-0.4, -0.2) is 16.0 Å². The Balaban J connectivity index is 2.49. The van der Waals surface area contributed by atoms with Crippen molar-refractivity contribution in [3.8, 4) is 11.4 Å². The number of hydrogen-bond donors (Lipinski definition) is 0. The topological polar surface area (TPSA) is 34.9 Å². The van der Waals surface area contributed by atoms with Crippen molar-refractivity contribution in [1.29, 1.82) is 0 Å². The maximum Gasteiger partial charge on any atom is 0.219 e. The third-order valence-corrected chi connectivity index (χ3v) is 2.14. The molecule has 2 rings (SSSR count). The second-order valence-electron chi connectivity index (χ2n) is 2.77. The van der Waals surface area contributed by atoms with Gasteiger partial charge in [-0.05, 0) is 24.3 Å². The first-order valence-corrected chi connectivity index (χ1v) is 4.43. The SMILES string of the molecule is O=Cn1ccnc1-c1ccc(Cl)cc1. The molecule has 4 heteroatoms. The van der Waals surface area contributed by atoms with Gasteiger partial charge in [-0.3, -0.25) is 9.36 Å². The number of carbonyl (C=O) groups excluding carboxylic acids is 1. The standard InChI is InChI=1S/C10H7ClN2O/c11-9-3-1-8(2-4-9)10-12-5-6-13(10)7-14/h1-7H. The van der Waals surface area contributed by atoms with Crippen molar-refractivity contribution < 1.29 is 4.79 Å². The summed E-state index contributed by atoms with van der Waals surface area (Å²) >= 11 is 5.75. The van der Waals surface area contributed by atoms with Gasteiger partial charge in [0, 0.05) is 23.0 Å². The highest BCUT2D eigenvalue weighted by molar-refractivity contribution is 6.30. The van der Waals surface area contributed by atoms with Gasteiger partial charge in [0.2, 0.25) is 6.41 Å². The van der Waals surface area contributed by atoms with Crippen LogP contribution in [0.5, 0.6) is 0 Å². The van der Waals surface area contributed by atoms with E-state index >= 15 is 0 Å². The lowest BCUT2D eigenvalue weighted by atomic mass is 10.2. The first kappa shape index (κ1) is 8.97. The lowest BCUT2D eigenvalue weighted by Gasteiger charge is -1.99. The van der Waals surface area contributed by atoms with Gasteiger partial charge in [-0.2, -0.15) is 0 Å². The van der Waals surface area contributed by atoms with E-state index in [0.717, 1.165) is 12.0 Å². The molecule has 0 radical (unpaired) electrons. The average molecular weight is 207 g/mol. The van der Waals surface area contributed by atoms with Crippen molar-refractivity contribution in [2.24, 2.45) is 0 Å². The molecule has 0 N–H and O–H groups in total. The van der Waals surface area contributed by atoms with Crippen molar-refractivity contribution >= 4 is 18.0 Å². The predicted octanol–water partition coefficient (Wildman–Crippen LogP) is 2.24. The number of hydrogen-bond acceptors (Lipinski definition) is 2. The normalized spacial score (nSPS) is 10.1. The molecule has 14 heavy (non-hydrogen) atoms. The molecule has 0 bridgehead atoms. The molecular formula is C10H7ClN2O.